The Kier molecular flexibility index (Phi) is 6.75. The molecule has 0 aliphatic rings. The number of hydrogen-bond acceptors (Lipinski definition) is 2. The van der Waals surface area contributed by atoms with Crippen LogP contribution in [0.2, 0.25) is 5.02 Å². The van der Waals surface area contributed by atoms with Gasteiger partial charge in [-0.25, -0.2) is 0 Å². The van der Waals surface area contributed by atoms with Crippen LogP contribution in [0.3, 0.4) is 0 Å². The van der Waals surface area contributed by atoms with Crippen LogP contribution < -0.4 is 5.32 Å². The van der Waals surface area contributed by atoms with Crippen LogP contribution in [-0.2, 0) is 4.74 Å². The second-order valence-corrected chi connectivity index (χ2v) is 4.29. The average Bonchev–Trinajstić information content (AvgIpc) is 2.35. The second-order valence-electron chi connectivity index (χ2n) is 3.86. The van der Waals surface area contributed by atoms with E-state index in [4.69, 9.17) is 16.3 Å². The molecule has 0 aromatic heterocycles. The van der Waals surface area contributed by atoms with Crippen LogP contribution in [0.1, 0.15) is 31.4 Å². The molecule has 0 aliphatic heterocycles. The van der Waals surface area contributed by atoms with Crippen LogP contribution in [0, 0.1) is 0 Å². The lowest BCUT2D eigenvalue weighted by Crippen LogP contribution is -2.22. The zero-order chi connectivity index (χ0) is 12.5. The van der Waals surface area contributed by atoms with Crippen molar-refractivity contribution in [3.05, 3.63) is 47.7 Å². The summed E-state index contributed by atoms with van der Waals surface area (Å²) in [5.74, 6) is 0. The molecule has 1 aromatic carbocycles. The van der Waals surface area contributed by atoms with Crippen molar-refractivity contribution in [2.24, 2.45) is 0 Å². The van der Waals surface area contributed by atoms with E-state index in [-0.39, 0.29) is 0 Å². The summed E-state index contributed by atoms with van der Waals surface area (Å²) in [5, 5.41) is 4.29. The normalized spacial score (nSPS) is 12.1. The smallest absolute Gasteiger partial charge is 0.0885 e. The standard InChI is InChI=1S/C14H20ClNO/c1-3-14(16-10-5-11-17-4-2)12-6-8-13(15)9-7-12/h4,6-9,14,16H,2-3,5,10-11H2,1H3. The minimum absolute atomic E-state index is 0.385. The molecule has 1 atom stereocenters. The molecule has 1 aromatic rings. The minimum Gasteiger partial charge on any atom is -0.502 e. The van der Waals surface area contributed by atoms with Gasteiger partial charge in [-0.1, -0.05) is 37.2 Å². The highest BCUT2D eigenvalue weighted by atomic mass is 35.5. The molecule has 1 N–H and O–H groups in total. The molecule has 1 unspecified atom stereocenters. The summed E-state index contributed by atoms with van der Waals surface area (Å²) in [6.07, 6.45) is 3.52. The maximum Gasteiger partial charge on any atom is 0.0885 e. The first-order chi connectivity index (χ1) is 8.27. The Hall–Kier alpha value is -0.990. The van der Waals surface area contributed by atoms with E-state index in [2.05, 4.69) is 31.0 Å². The molecule has 94 valence electrons. The van der Waals surface area contributed by atoms with E-state index in [1.807, 2.05) is 12.1 Å². The summed E-state index contributed by atoms with van der Waals surface area (Å²) in [6.45, 7) is 7.34. The summed E-state index contributed by atoms with van der Waals surface area (Å²) in [4.78, 5) is 0. The molecule has 0 saturated carbocycles. The van der Waals surface area contributed by atoms with Crippen LogP contribution in [0.25, 0.3) is 0 Å². The topological polar surface area (TPSA) is 21.3 Å². The Morgan fingerprint density at radius 2 is 2.12 bits per heavy atom. The quantitative estimate of drug-likeness (QED) is 0.560. The Morgan fingerprint density at radius 1 is 1.41 bits per heavy atom. The predicted octanol–water partition coefficient (Wildman–Crippen LogP) is 3.93. The van der Waals surface area contributed by atoms with Gasteiger partial charge in [-0.3, -0.25) is 0 Å². The van der Waals surface area contributed by atoms with Gasteiger partial charge >= 0.3 is 0 Å². The summed E-state index contributed by atoms with van der Waals surface area (Å²) in [5.41, 5.74) is 1.28. The highest BCUT2D eigenvalue weighted by Crippen LogP contribution is 2.18. The SMILES string of the molecule is C=COCCCNC(CC)c1ccc(Cl)cc1. The summed E-state index contributed by atoms with van der Waals surface area (Å²) < 4.78 is 5.08. The van der Waals surface area contributed by atoms with Crippen molar-refractivity contribution < 1.29 is 4.74 Å². The third kappa shape index (κ3) is 5.24. The van der Waals surface area contributed by atoms with Crippen molar-refractivity contribution in [2.75, 3.05) is 13.2 Å². The van der Waals surface area contributed by atoms with Crippen molar-refractivity contribution in [3.63, 3.8) is 0 Å². The van der Waals surface area contributed by atoms with Gasteiger partial charge in [0.2, 0.25) is 0 Å². The van der Waals surface area contributed by atoms with Gasteiger partial charge in [0, 0.05) is 11.1 Å². The van der Waals surface area contributed by atoms with E-state index >= 15 is 0 Å². The summed E-state index contributed by atoms with van der Waals surface area (Å²) in [7, 11) is 0. The molecule has 0 aliphatic carbocycles. The van der Waals surface area contributed by atoms with Crippen LogP contribution in [0.5, 0.6) is 0 Å². The van der Waals surface area contributed by atoms with E-state index in [0.717, 1.165) is 24.4 Å². The molecule has 17 heavy (non-hydrogen) atoms. The van der Waals surface area contributed by atoms with E-state index < -0.39 is 0 Å². The Balaban J connectivity index is 2.37. The average molecular weight is 254 g/mol. The highest BCUT2D eigenvalue weighted by molar-refractivity contribution is 6.30. The maximum absolute atomic E-state index is 5.87. The molecule has 0 spiro atoms. The lowest BCUT2D eigenvalue weighted by atomic mass is 10.0. The predicted molar refractivity (Wildman–Crippen MR) is 73.3 cm³/mol. The lowest BCUT2D eigenvalue weighted by molar-refractivity contribution is 0.242. The first kappa shape index (κ1) is 14.1. The Labute approximate surface area is 109 Å². The number of nitrogens with one attached hydrogen (secondary N) is 1. The van der Waals surface area contributed by atoms with E-state index in [0.29, 0.717) is 12.6 Å². The van der Waals surface area contributed by atoms with Crippen molar-refractivity contribution in [1.82, 2.24) is 5.32 Å². The zero-order valence-corrected chi connectivity index (χ0v) is 11.0. The van der Waals surface area contributed by atoms with Crippen LogP contribution in [0.15, 0.2) is 37.1 Å². The minimum atomic E-state index is 0.385. The lowest BCUT2D eigenvalue weighted by Gasteiger charge is -2.17. The molecular weight excluding hydrogens is 234 g/mol. The molecule has 3 heteroatoms. The number of hydrogen-bond donors (Lipinski definition) is 1. The Bertz CT molecular complexity index is 323. The van der Waals surface area contributed by atoms with Gasteiger partial charge in [-0.15, -0.1) is 0 Å². The maximum atomic E-state index is 5.87. The number of ether oxygens (including phenoxy) is 1. The first-order valence-corrected chi connectivity index (χ1v) is 6.37. The fourth-order valence-corrected chi connectivity index (χ4v) is 1.83. The van der Waals surface area contributed by atoms with Gasteiger partial charge in [-0.05, 0) is 37.1 Å². The fourth-order valence-electron chi connectivity index (χ4n) is 1.71. The summed E-state index contributed by atoms with van der Waals surface area (Å²) in [6, 6.07) is 8.40. The second kappa shape index (κ2) is 8.15. The first-order valence-electron chi connectivity index (χ1n) is 5.99. The Morgan fingerprint density at radius 3 is 2.71 bits per heavy atom. The molecule has 0 heterocycles. The molecule has 1 rings (SSSR count). The monoisotopic (exact) mass is 253 g/mol. The van der Waals surface area contributed by atoms with Gasteiger partial charge in [0.15, 0.2) is 0 Å². The highest BCUT2D eigenvalue weighted by Gasteiger charge is 2.07. The van der Waals surface area contributed by atoms with Crippen LogP contribution >= 0.6 is 11.6 Å². The van der Waals surface area contributed by atoms with Gasteiger partial charge in [0.05, 0.1) is 12.9 Å². The number of benzene rings is 1. The van der Waals surface area contributed by atoms with E-state index in [1.54, 1.807) is 0 Å². The van der Waals surface area contributed by atoms with Gasteiger partial charge in [0.1, 0.15) is 0 Å². The third-order valence-corrected chi connectivity index (χ3v) is 2.88. The van der Waals surface area contributed by atoms with Crippen molar-refractivity contribution in [2.45, 2.75) is 25.8 Å². The van der Waals surface area contributed by atoms with E-state index in [1.165, 1.54) is 11.8 Å². The molecule has 0 bridgehead atoms. The molecule has 0 fully saturated rings. The zero-order valence-electron chi connectivity index (χ0n) is 10.3. The van der Waals surface area contributed by atoms with Crippen molar-refractivity contribution >= 4 is 11.6 Å². The summed E-state index contributed by atoms with van der Waals surface area (Å²) >= 11 is 5.87. The van der Waals surface area contributed by atoms with Crippen molar-refractivity contribution in [1.29, 1.82) is 0 Å². The largest absolute Gasteiger partial charge is 0.502 e. The molecule has 0 amide bonds. The third-order valence-electron chi connectivity index (χ3n) is 2.63. The van der Waals surface area contributed by atoms with Crippen LogP contribution in [-0.4, -0.2) is 13.2 Å². The van der Waals surface area contributed by atoms with E-state index in [9.17, 15) is 0 Å². The van der Waals surface area contributed by atoms with Gasteiger partial charge in [0.25, 0.3) is 0 Å². The van der Waals surface area contributed by atoms with Gasteiger partial charge in [-0.2, -0.15) is 0 Å². The molecule has 2 nitrogen and oxygen atoms in total. The number of rotatable bonds is 8. The van der Waals surface area contributed by atoms with Gasteiger partial charge < -0.3 is 10.1 Å². The van der Waals surface area contributed by atoms with Crippen LogP contribution in [0.4, 0.5) is 0 Å². The molecular formula is C14H20ClNO. The van der Waals surface area contributed by atoms with Crippen molar-refractivity contribution in [3.8, 4) is 0 Å². The molecule has 0 radical (unpaired) electrons. The number of halogens is 1. The fraction of sp³-hybridized carbons (Fsp3) is 0.429. The molecule has 0 saturated heterocycles.